The Labute approximate surface area is 161 Å². The van der Waals surface area contributed by atoms with Crippen LogP contribution in [-0.4, -0.2) is 79.1 Å². The lowest BCUT2D eigenvalue weighted by Gasteiger charge is -2.39. The smallest absolute Gasteiger partial charge is 0.119 e. The molecule has 6 heteroatoms. The summed E-state index contributed by atoms with van der Waals surface area (Å²) in [5.41, 5.74) is 0. The van der Waals surface area contributed by atoms with Crippen molar-refractivity contribution < 1.29 is 14.6 Å². The number of morpholine rings is 1. The molecule has 1 aromatic carbocycles. The van der Waals surface area contributed by atoms with E-state index in [1.54, 1.807) is 12.1 Å². The van der Waals surface area contributed by atoms with Crippen molar-refractivity contribution in [3.63, 3.8) is 0 Å². The number of ether oxygens (including phenoxy) is 2. The van der Waals surface area contributed by atoms with Crippen LogP contribution in [0.4, 0.5) is 0 Å². The van der Waals surface area contributed by atoms with Gasteiger partial charge in [-0.15, -0.1) is 0 Å². The van der Waals surface area contributed by atoms with Gasteiger partial charge in [0.15, 0.2) is 0 Å². The summed E-state index contributed by atoms with van der Waals surface area (Å²) in [5.74, 6) is 0.729. The number of hydrogen-bond acceptors (Lipinski definition) is 5. The lowest BCUT2D eigenvalue weighted by Crippen LogP contribution is -2.52. The van der Waals surface area contributed by atoms with Gasteiger partial charge in [-0.25, -0.2) is 0 Å². The van der Waals surface area contributed by atoms with Crippen LogP contribution in [0.3, 0.4) is 0 Å². The molecule has 0 amide bonds. The number of nitrogens with zero attached hydrogens (tertiary/aromatic N) is 2. The summed E-state index contributed by atoms with van der Waals surface area (Å²) in [6.45, 7) is 7.87. The number of β-amino-alcohol motifs (C(OH)–C–C–N with tert-alkyl or cyclic N) is 1. The maximum atomic E-state index is 10.3. The van der Waals surface area contributed by atoms with Crippen molar-refractivity contribution in [2.45, 2.75) is 44.4 Å². The highest BCUT2D eigenvalue weighted by atomic mass is 35.5. The number of halogens is 1. The Hall–Kier alpha value is -0.850. The average molecular weight is 383 g/mol. The Kier molecular flexibility index (Phi) is 7.58. The predicted octanol–water partition coefficient (Wildman–Crippen LogP) is 2.65. The minimum Gasteiger partial charge on any atom is -0.491 e. The third-order valence-electron chi connectivity index (χ3n) is 5.33. The van der Waals surface area contributed by atoms with E-state index in [9.17, 15) is 5.11 Å². The fourth-order valence-corrected chi connectivity index (χ4v) is 3.95. The van der Waals surface area contributed by atoms with Gasteiger partial charge in [0.25, 0.3) is 0 Å². The molecule has 146 valence electrons. The zero-order valence-corrected chi connectivity index (χ0v) is 16.4. The summed E-state index contributed by atoms with van der Waals surface area (Å²) >= 11 is 5.87. The second-order valence-corrected chi connectivity index (χ2v) is 7.95. The highest BCUT2D eigenvalue weighted by Crippen LogP contribution is 2.19. The van der Waals surface area contributed by atoms with E-state index in [0.717, 1.165) is 32.0 Å². The summed E-state index contributed by atoms with van der Waals surface area (Å²) in [6, 6.07) is 7.87. The Bertz CT molecular complexity index is 542. The molecule has 0 aromatic heterocycles. The quantitative estimate of drug-likeness (QED) is 0.785. The first-order valence-electron chi connectivity index (χ1n) is 9.74. The van der Waals surface area contributed by atoms with Crippen LogP contribution in [0, 0.1) is 0 Å². The highest BCUT2D eigenvalue weighted by molar-refractivity contribution is 6.30. The van der Waals surface area contributed by atoms with Crippen molar-refractivity contribution in [3.8, 4) is 5.75 Å². The third-order valence-corrected chi connectivity index (χ3v) is 5.58. The first kappa shape index (κ1) is 19.9. The molecule has 0 aliphatic carbocycles. The highest BCUT2D eigenvalue weighted by Gasteiger charge is 2.27. The molecule has 0 radical (unpaired) electrons. The van der Waals surface area contributed by atoms with Crippen molar-refractivity contribution >= 4 is 11.6 Å². The monoisotopic (exact) mass is 382 g/mol. The molecule has 2 fully saturated rings. The Morgan fingerprint density at radius 2 is 2.08 bits per heavy atom. The maximum Gasteiger partial charge on any atom is 0.119 e. The van der Waals surface area contributed by atoms with Gasteiger partial charge >= 0.3 is 0 Å². The Morgan fingerprint density at radius 1 is 1.27 bits per heavy atom. The average Bonchev–Trinajstić information content (AvgIpc) is 2.63. The van der Waals surface area contributed by atoms with Crippen LogP contribution in [0.15, 0.2) is 24.3 Å². The van der Waals surface area contributed by atoms with Crippen molar-refractivity contribution in [2.24, 2.45) is 0 Å². The minimum absolute atomic E-state index is 0.230. The second-order valence-electron chi connectivity index (χ2n) is 7.51. The second kappa shape index (κ2) is 9.90. The zero-order valence-electron chi connectivity index (χ0n) is 15.6. The van der Waals surface area contributed by atoms with Gasteiger partial charge in [0.05, 0.1) is 12.7 Å². The minimum atomic E-state index is -0.515. The van der Waals surface area contributed by atoms with E-state index in [2.05, 4.69) is 16.7 Å². The van der Waals surface area contributed by atoms with E-state index in [1.165, 1.54) is 25.8 Å². The fraction of sp³-hybridized carbons (Fsp3) is 0.700. The molecule has 0 bridgehead atoms. The van der Waals surface area contributed by atoms with Crippen LogP contribution in [0.2, 0.25) is 5.02 Å². The van der Waals surface area contributed by atoms with Gasteiger partial charge < -0.3 is 14.6 Å². The summed E-state index contributed by atoms with van der Waals surface area (Å²) in [6.07, 6.45) is 3.64. The fourth-order valence-electron chi connectivity index (χ4n) is 3.82. The van der Waals surface area contributed by atoms with Gasteiger partial charge in [0.1, 0.15) is 18.5 Å². The van der Waals surface area contributed by atoms with Crippen LogP contribution in [0.5, 0.6) is 5.75 Å². The van der Waals surface area contributed by atoms with Gasteiger partial charge in [-0.2, -0.15) is 0 Å². The molecule has 1 N–H and O–H groups in total. The molecule has 26 heavy (non-hydrogen) atoms. The van der Waals surface area contributed by atoms with Crippen molar-refractivity contribution in [1.82, 2.24) is 9.80 Å². The van der Waals surface area contributed by atoms with E-state index in [1.807, 2.05) is 12.1 Å². The number of rotatable bonds is 7. The SMILES string of the molecule is CC1CCCCN1CC1CN(CC(O)COc2ccc(Cl)cc2)CCO1. The van der Waals surface area contributed by atoms with E-state index < -0.39 is 6.10 Å². The van der Waals surface area contributed by atoms with Gasteiger partial charge in [-0.05, 0) is 50.6 Å². The van der Waals surface area contributed by atoms with Crippen LogP contribution in [-0.2, 0) is 4.74 Å². The Morgan fingerprint density at radius 3 is 2.85 bits per heavy atom. The van der Waals surface area contributed by atoms with E-state index in [0.29, 0.717) is 17.6 Å². The summed E-state index contributed by atoms with van der Waals surface area (Å²) in [7, 11) is 0. The number of benzene rings is 1. The van der Waals surface area contributed by atoms with Gasteiger partial charge in [-0.1, -0.05) is 18.0 Å². The molecule has 3 atom stereocenters. The molecule has 1 aromatic rings. The van der Waals surface area contributed by atoms with Gasteiger partial charge in [0, 0.05) is 37.2 Å². The van der Waals surface area contributed by atoms with Crippen molar-refractivity contribution in [2.75, 3.05) is 45.9 Å². The summed E-state index contributed by atoms with van der Waals surface area (Å²) in [5, 5.41) is 11.0. The molecule has 2 saturated heterocycles. The van der Waals surface area contributed by atoms with Crippen LogP contribution >= 0.6 is 11.6 Å². The van der Waals surface area contributed by atoms with Crippen LogP contribution in [0.1, 0.15) is 26.2 Å². The topological polar surface area (TPSA) is 45.2 Å². The Balaban J connectivity index is 1.40. The molecular formula is C20H31ClN2O3. The van der Waals surface area contributed by atoms with E-state index in [4.69, 9.17) is 21.1 Å². The maximum absolute atomic E-state index is 10.3. The predicted molar refractivity (Wildman–Crippen MR) is 104 cm³/mol. The molecule has 3 rings (SSSR count). The third kappa shape index (κ3) is 6.10. The molecule has 3 unspecified atom stereocenters. The number of piperidine rings is 1. The summed E-state index contributed by atoms with van der Waals surface area (Å²) < 4.78 is 11.6. The first-order valence-corrected chi connectivity index (χ1v) is 10.1. The molecule has 0 saturated carbocycles. The van der Waals surface area contributed by atoms with E-state index >= 15 is 0 Å². The standard InChI is InChI=1S/C20H31ClN2O3/c1-16-4-2-3-9-23(16)14-20-13-22(10-11-25-20)12-18(24)15-26-19-7-5-17(21)6-8-19/h5-8,16,18,20,24H,2-4,9-15H2,1H3. The molecule has 5 nitrogen and oxygen atoms in total. The summed E-state index contributed by atoms with van der Waals surface area (Å²) in [4.78, 5) is 4.84. The largest absolute Gasteiger partial charge is 0.491 e. The van der Waals surface area contributed by atoms with Crippen molar-refractivity contribution in [1.29, 1.82) is 0 Å². The zero-order chi connectivity index (χ0) is 18.4. The molecule has 2 aliphatic rings. The first-order chi connectivity index (χ1) is 12.6. The lowest BCUT2D eigenvalue weighted by molar-refractivity contribution is -0.0621. The number of aliphatic hydroxyl groups is 1. The van der Waals surface area contributed by atoms with E-state index in [-0.39, 0.29) is 12.7 Å². The molecule has 2 heterocycles. The molecule has 0 spiro atoms. The van der Waals surface area contributed by atoms with Crippen molar-refractivity contribution in [3.05, 3.63) is 29.3 Å². The number of hydrogen-bond donors (Lipinski definition) is 1. The number of likely N-dealkylation sites (tertiary alicyclic amines) is 1. The lowest BCUT2D eigenvalue weighted by atomic mass is 10.0. The van der Waals surface area contributed by atoms with Gasteiger partial charge in [0.2, 0.25) is 0 Å². The number of aliphatic hydroxyl groups excluding tert-OH is 1. The molecule has 2 aliphatic heterocycles. The van der Waals surface area contributed by atoms with Gasteiger partial charge in [-0.3, -0.25) is 9.80 Å². The molecular weight excluding hydrogens is 352 g/mol. The van der Waals surface area contributed by atoms with Crippen LogP contribution in [0.25, 0.3) is 0 Å². The van der Waals surface area contributed by atoms with Crippen LogP contribution < -0.4 is 4.74 Å². The normalized spacial score (nSPS) is 26.6.